The van der Waals surface area contributed by atoms with Gasteiger partial charge in [0.2, 0.25) is 0 Å². The van der Waals surface area contributed by atoms with Gasteiger partial charge in [0, 0.05) is 26.1 Å². The quantitative estimate of drug-likeness (QED) is 0.548. The van der Waals surface area contributed by atoms with Gasteiger partial charge < -0.3 is 20.1 Å². The second kappa shape index (κ2) is 9.62. The molecule has 1 heterocycles. The van der Waals surface area contributed by atoms with E-state index in [0.717, 1.165) is 42.7 Å². The largest absolute Gasteiger partial charge is 0.493 e. The molecule has 2 aromatic rings. The number of nitrogens with one attached hydrogen (secondary N) is 2. The molecule has 2 N–H and O–H groups in total. The molecule has 0 spiro atoms. The molecule has 0 bridgehead atoms. The van der Waals surface area contributed by atoms with Crippen LogP contribution in [0.5, 0.6) is 11.5 Å². The van der Waals surface area contributed by atoms with Crippen LogP contribution >= 0.6 is 0 Å². The number of methoxy groups -OCH3 is 2. The summed E-state index contributed by atoms with van der Waals surface area (Å²) >= 11 is 0. The summed E-state index contributed by atoms with van der Waals surface area (Å²) in [6, 6.07) is 6.30. The van der Waals surface area contributed by atoms with Crippen LogP contribution in [0.3, 0.4) is 0 Å². The van der Waals surface area contributed by atoms with Crippen LogP contribution in [0.4, 0.5) is 0 Å². The van der Waals surface area contributed by atoms with Crippen molar-refractivity contribution in [2.45, 2.75) is 44.1 Å². The van der Waals surface area contributed by atoms with E-state index < -0.39 is 0 Å². The van der Waals surface area contributed by atoms with E-state index in [1.54, 1.807) is 32.3 Å². The number of rotatable bonds is 7. The minimum absolute atomic E-state index is 0.0419. The average Bonchev–Trinajstić information content (AvgIpc) is 3.18. The zero-order valence-corrected chi connectivity index (χ0v) is 17.9. The minimum Gasteiger partial charge on any atom is -0.493 e. The van der Waals surface area contributed by atoms with E-state index in [4.69, 9.17) is 9.47 Å². The highest BCUT2D eigenvalue weighted by Gasteiger charge is 2.34. The van der Waals surface area contributed by atoms with Crippen LogP contribution in [-0.4, -0.2) is 48.5 Å². The maximum atomic E-state index is 5.55. The van der Waals surface area contributed by atoms with E-state index in [1.165, 1.54) is 24.8 Å². The van der Waals surface area contributed by atoms with Crippen molar-refractivity contribution in [2.24, 2.45) is 12.0 Å². The second-order valence-corrected chi connectivity index (χ2v) is 7.49. The number of aliphatic imine (C=N–C) groups is 1. The van der Waals surface area contributed by atoms with Crippen LogP contribution in [0.25, 0.3) is 0 Å². The van der Waals surface area contributed by atoms with Crippen molar-refractivity contribution in [3.63, 3.8) is 0 Å². The number of ether oxygens (including phenoxy) is 2. The molecule has 0 saturated heterocycles. The smallest absolute Gasteiger partial charge is 0.191 e. The summed E-state index contributed by atoms with van der Waals surface area (Å²) in [5, 5.41) is 11.0. The molecule has 1 fully saturated rings. The van der Waals surface area contributed by atoms with Crippen LogP contribution in [0.2, 0.25) is 0 Å². The lowest BCUT2D eigenvalue weighted by molar-refractivity contribution is 0.288. The van der Waals surface area contributed by atoms with Crippen molar-refractivity contribution in [3.8, 4) is 11.5 Å². The van der Waals surface area contributed by atoms with Gasteiger partial charge in [-0.1, -0.05) is 25.3 Å². The fraction of sp³-hybridized carbons (Fsp3) is 0.571. The first-order chi connectivity index (χ1) is 14.1. The highest BCUT2D eigenvalue weighted by atomic mass is 16.5. The van der Waals surface area contributed by atoms with Gasteiger partial charge in [0.15, 0.2) is 17.5 Å². The van der Waals surface area contributed by atoms with E-state index in [9.17, 15) is 0 Å². The molecule has 0 amide bonds. The molecule has 29 heavy (non-hydrogen) atoms. The third-order valence-corrected chi connectivity index (χ3v) is 5.84. The Kier molecular flexibility index (Phi) is 6.95. The topological polar surface area (TPSA) is 85.6 Å². The Bertz CT molecular complexity index is 826. The van der Waals surface area contributed by atoms with Gasteiger partial charge in [-0.15, -0.1) is 0 Å². The van der Waals surface area contributed by atoms with Crippen LogP contribution in [0, 0.1) is 0 Å². The van der Waals surface area contributed by atoms with Gasteiger partial charge >= 0.3 is 0 Å². The maximum absolute atomic E-state index is 5.55. The molecule has 0 aliphatic heterocycles. The first-order valence-corrected chi connectivity index (χ1v) is 10.1. The summed E-state index contributed by atoms with van der Waals surface area (Å²) < 4.78 is 12.7. The molecule has 3 rings (SSSR count). The molecule has 1 aliphatic carbocycles. The van der Waals surface area contributed by atoms with Crippen molar-refractivity contribution in [2.75, 3.05) is 27.8 Å². The van der Waals surface area contributed by atoms with E-state index in [2.05, 4.69) is 37.8 Å². The van der Waals surface area contributed by atoms with Crippen LogP contribution < -0.4 is 20.1 Å². The third kappa shape index (κ3) is 4.81. The predicted octanol–water partition coefficient (Wildman–Crippen LogP) is 2.40. The Labute approximate surface area is 172 Å². The van der Waals surface area contributed by atoms with Gasteiger partial charge in [-0.25, -0.2) is 4.98 Å². The molecule has 1 saturated carbocycles. The van der Waals surface area contributed by atoms with E-state index in [0.29, 0.717) is 6.54 Å². The van der Waals surface area contributed by atoms with Crippen molar-refractivity contribution in [3.05, 3.63) is 35.9 Å². The van der Waals surface area contributed by atoms with Gasteiger partial charge in [-0.05, 0) is 30.5 Å². The van der Waals surface area contributed by atoms with Gasteiger partial charge in [0.25, 0.3) is 0 Å². The second-order valence-electron chi connectivity index (χ2n) is 7.49. The molecule has 158 valence electrons. The lowest BCUT2D eigenvalue weighted by Gasteiger charge is -2.38. The molecule has 1 aromatic carbocycles. The average molecular weight is 401 g/mol. The molecule has 0 atom stereocenters. The fourth-order valence-corrected chi connectivity index (χ4v) is 4.08. The van der Waals surface area contributed by atoms with Crippen LogP contribution in [0.1, 0.15) is 43.5 Å². The normalized spacial score (nSPS) is 16.3. The number of aromatic nitrogens is 3. The summed E-state index contributed by atoms with van der Waals surface area (Å²) in [4.78, 5) is 8.63. The highest BCUT2D eigenvalue weighted by Crippen LogP contribution is 2.42. The van der Waals surface area contributed by atoms with Crippen LogP contribution in [0.15, 0.2) is 29.5 Å². The van der Waals surface area contributed by atoms with Gasteiger partial charge in [0.05, 0.1) is 20.8 Å². The number of hydrogen-bond acceptors (Lipinski definition) is 5. The maximum Gasteiger partial charge on any atom is 0.191 e. The molecule has 0 unspecified atom stereocenters. The molecule has 8 nitrogen and oxygen atoms in total. The van der Waals surface area contributed by atoms with E-state index >= 15 is 0 Å². The summed E-state index contributed by atoms with van der Waals surface area (Å²) in [5.41, 5.74) is 1.33. The van der Waals surface area contributed by atoms with Crippen molar-refractivity contribution >= 4 is 5.96 Å². The first-order valence-electron chi connectivity index (χ1n) is 10.1. The zero-order valence-electron chi connectivity index (χ0n) is 17.9. The molecular formula is C21H32N6O2. The van der Waals surface area contributed by atoms with Crippen LogP contribution in [-0.2, 0) is 19.0 Å². The van der Waals surface area contributed by atoms with E-state index in [-0.39, 0.29) is 5.41 Å². The SMILES string of the molecule is CN=C(NCc1ncnn1C)NCC1(c2ccc(OC)c(OC)c2)CCCCC1. The third-order valence-electron chi connectivity index (χ3n) is 5.84. The summed E-state index contributed by atoms with van der Waals surface area (Å²) in [7, 11) is 7.03. The Hall–Kier alpha value is -2.77. The van der Waals surface area contributed by atoms with Crippen molar-refractivity contribution in [1.82, 2.24) is 25.4 Å². The fourth-order valence-electron chi connectivity index (χ4n) is 4.08. The minimum atomic E-state index is 0.0419. The predicted molar refractivity (Wildman–Crippen MR) is 114 cm³/mol. The lowest BCUT2D eigenvalue weighted by Crippen LogP contribution is -2.46. The summed E-state index contributed by atoms with van der Waals surface area (Å²) in [6.45, 7) is 1.38. The highest BCUT2D eigenvalue weighted by molar-refractivity contribution is 5.79. The Morgan fingerprint density at radius 3 is 2.52 bits per heavy atom. The lowest BCUT2D eigenvalue weighted by atomic mass is 9.69. The molecule has 1 aliphatic rings. The van der Waals surface area contributed by atoms with E-state index in [1.807, 2.05) is 13.1 Å². The molecule has 0 radical (unpaired) electrons. The number of guanidine groups is 1. The summed E-state index contributed by atoms with van der Waals surface area (Å²) in [5.74, 6) is 3.16. The standard InChI is InChI=1S/C21H32N6O2/c1-22-20(23-13-19-25-15-26-27(19)2)24-14-21(10-6-5-7-11-21)16-8-9-17(28-3)18(12-16)29-4/h8-9,12,15H,5-7,10-11,13-14H2,1-4H3,(H2,22,23,24). The Balaban J connectivity index is 1.74. The molecule has 1 aromatic heterocycles. The number of hydrogen-bond donors (Lipinski definition) is 2. The Morgan fingerprint density at radius 2 is 1.90 bits per heavy atom. The first kappa shape index (κ1) is 21.0. The monoisotopic (exact) mass is 400 g/mol. The molecule has 8 heteroatoms. The van der Waals surface area contributed by atoms with Gasteiger partial charge in [-0.3, -0.25) is 9.67 Å². The number of benzene rings is 1. The zero-order chi connectivity index (χ0) is 20.7. The Morgan fingerprint density at radius 1 is 1.14 bits per heavy atom. The summed E-state index contributed by atoms with van der Waals surface area (Å²) in [6.07, 6.45) is 7.56. The molecular weight excluding hydrogens is 368 g/mol. The van der Waals surface area contributed by atoms with Crippen molar-refractivity contribution in [1.29, 1.82) is 0 Å². The van der Waals surface area contributed by atoms with Gasteiger partial charge in [-0.2, -0.15) is 5.10 Å². The number of nitrogens with zero attached hydrogens (tertiary/aromatic N) is 4. The van der Waals surface area contributed by atoms with Crippen molar-refractivity contribution < 1.29 is 9.47 Å². The number of aryl methyl sites for hydroxylation is 1. The van der Waals surface area contributed by atoms with Gasteiger partial charge in [0.1, 0.15) is 12.2 Å².